The van der Waals surface area contributed by atoms with Crippen LogP contribution in [0.1, 0.15) is 5.56 Å². The van der Waals surface area contributed by atoms with Gasteiger partial charge in [0.1, 0.15) is 0 Å². The molecule has 0 aliphatic carbocycles. The Bertz CT molecular complexity index is 968. The maximum atomic E-state index is 11.6. The SMILES string of the molecule is O=C/C(=C/C=S=O)c1ccccc1-c1ccccc1-c1ccccc1. The number of rotatable bonds is 5. The Morgan fingerprint density at radius 3 is 2.00 bits per heavy atom. The molecular formula is C22H16O2S. The molecule has 3 aromatic rings. The van der Waals surface area contributed by atoms with E-state index in [1.807, 2.05) is 54.6 Å². The second-order valence-electron chi connectivity index (χ2n) is 5.43. The van der Waals surface area contributed by atoms with Gasteiger partial charge >= 0.3 is 0 Å². The molecule has 3 aromatic carbocycles. The zero-order valence-electron chi connectivity index (χ0n) is 13.5. The van der Waals surface area contributed by atoms with E-state index in [4.69, 9.17) is 0 Å². The summed E-state index contributed by atoms with van der Waals surface area (Å²) in [5, 5.41) is 1.38. The van der Waals surface area contributed by atoms with Crippen molar-refractivity contribution in [3.05, 3.63) is 90.5 Å². The summed E-state index contributed by atoms with van der Waals surface area (Å²) in [6.07, 6.45) is 2.35. The van der Waals surface area contributed by atoms with Crippen LogP contribution in [0.3, 0.4) is 0 Å². The zero-order valence-corrected chi connectivity index (χ0v) is 14.3. The summed E-state index contributed by atoms with van der Waals surface area (Å²) in [5.74, 6) is 0. The van der Waals surface area contributed by atoms with Crippen LogP contribution >= 0.6 is 0 Å². The lowest BCUT2D eigenvalue weighted by atomic mass is 9.89. The normalized spacial score (nSPS) is 11.0. The van der Waals surface area contributed by atoms with E-state index >= 15 is 0 Å². The van der Waals surface area contributed by atoms with Crippen LogP contribution in [0.4, 0.5) is 0 Å². The van der Waals surface area contributed by atoms with E-state index in [9.17, 15) is 9.00 Å². The van der Waals surface area contributed by atoms with E-state index in [1.165, 1.54) is 5.37 Å². The summed E-state index contributed by atoms with van der Waals surface area (Å²) in [7, 11) is 0. The molecule has 2 nitrogen and oxygen atoms in total. The highest BCUT2D eigenvalue weighted by Crippen LogP contribution is 2.35. The molecule has 3 heteroatoms. The molecule has 0 heterocycles. The van der Waals surface area contributed by atoms with Crippen molar-refractivity contribution in [3.8, 4) is 22.3 Å². The molecule has 0 N–H and O–H groups in total. The fraction of sp³-hybridized carbons (Fsp3) is 0. The lowest BCUT2D eigenvalue weighted by molar-refractivity contribution is -0.103. The molecule has 0 bridgehead atoms. The van der Waals surface area contributed by atoms with Gasteiger partial charge in [-0.2, -0.15) is 0 Å². The van der Waals surface area contributed by atoms with Crippen molar-refractivity contribution in [1.29, 1.82) is 0 Å². The van der Waals surface area contributed by atoms with E-state index in [1.54, 1.807) is 6.08 Å². The lowest BCUT2D eigenvalue weighted by Crippen LogP contribution is -1.93. The molecule has 122 valence electrons. The summed E-state index contributed by atoms with van der Waals surface area (Å²) < 4.78 is 10.7. The fourth-order valence-electron chi connectivity index (χ4n) is 2.85. The first-order valence-corrected chi connectivity index (χ1v) is 8.67. The second kappa shape index (κ2) is 8.18. The fourth-order valence-corrected chi connectivity index (χ4v) is 3.05. The van der Waals surface area contributed by atoms with Crippen molar-refractivity contribution in [2.75, 3.05) is 0 Å². The predicted molar refractivity (Wildman–Crippen MR) is 106 cm³/mol. The zero-order chi connectivity index (χ0) is 17.5. The minimum atomic E-state index is 0.331. The van der Waals surface area contributed by atoms with Crippen molar-refractivity contribution in [1.82, 2.24) is 0 Å². The third-order valence-corrected chi connectivity index (χ3v) is 4.22. The van der Waals surface area contributed by atoms with Crippen LogP contribution in [0, 0.1) is 0 Å². The van der Waals surface area contributed by atoms with Crippen LogP contribution in [-0.2, 0) is 16.1 Å². The largest absolute Gasteiger partial charge is 0.298 e. The molecule has 0 unspecified atom stereocenters. The summed E-state index contributed by atoms with van der Waals surface area (Å²) in [6, 6.07) is 26.0. The molecular weight excluding hydrogens is 328 g/mol. The molecule has 0 aliphatic heterocycles. The molecule has 0 fully saturated rings. The highest BCUT2D eigenvalue weighted by Gasteiger charge is 2.12. The van der Waals surface area contributed by atoms with E-state index in [0.29, 0.717) is 16.8 Å². The van der Waals surface area contributed by atoms with Gasteiger partial charge in [-0.1, -0.05) is 78.9 Å². The molecule has 0 radical (unpaired) electrons. The highest BCUT2D eigenvalue weighted by molar-refractivity contribution is 7.65. The van der Waals surface area contributed by atoms with Gasteiger partial charge in [-0.25, -0.2) is 4.21 Å². The van der Waals surface area contributed by atoms with Gasteiger partial charge in [0, 0.05) is 10.9 Å². The first-order valence-electron chi connectivity index (χ1n) is 7.86. The quantitative estimate of drug-likeness (QED) is 0.384. The molecule has 0 aliphatic rings. The maximum absolute atomic E-state index is 11.6. The molecule has 25 heavy (non-hydrogen) atoms. The van der Waals surface area contributed by atoms with E-state index < -0.39 is 0 Å². The van der Waals surface area contributed by atoms with Crippen molar-refractivity contribution < 1.29 is 9.00 Å². The van der Waals surface area contributed by atoms with Gasteiger partial charge in [0.05, 0.1) is 11.3 Å². The summed E-state index contributed by atoms with van der Waals surface area (Å²) in [4.78, 5) is 11.6. The van der Waals surface area contributed by atoms with E-state index in [2.05, 4.69) is 24.3 Å². The Labute approximate surface area is 150 Å². The Hall–Kier alpha value is -3.04. The first kappa shape index (κ1) is 16.8. The van der Waals surface area contributed by atoms with Crippen molar-refractivity contribution in [3.63, 3.8) is 0 Å². The molecule has 0 saturated carbocycles. The van der Waals surface area contributed by atoms with Gasteiger partial charge in [-0.3, -0.25) is 4.79 Å². The molecule has 0 saturated heterocycles. The highest BCUT2D eigenvalue weighted by atomic mass is 32.1. The Morgan fingerprint density at radius 2 is 1.32 bits per heavy atom. The second-order valence-corrected chi connectivity index (χ2v) is 5.89. The molecule has 0 amide bonds. The van der Waals surface area contributed by atoms with Crippen LogP contribution < -0.4 is 0 Å². The predicted octanol–water partition coefficient (Wildman–Crippen LogP) is 4.62. The van der Waals surface area contributed by atoms with Crippen LogP contribution in [0.2, 0.25) is 0 Å². The molecule has 0 aromatic heterocycles. The minimum Gasteiger partial charge on any atom is -0.298 e. The average Bonchev–Trinajstić information content (AvgIpc) is 2.70. The van der Waals surface area contributed by atoms with Gasteiger partial charge in [-0.15, -0.1) is 0 Å². The van der Waals surface area contributed by atoms with E-state index in [-0.39, 0.29) is 0 Å². The van der Waals surface area contributed by atoms with Crippen LogP contribution in [0.5, 0.6) is 0 Å². The number of carbonyl (C=O) groups excluding carboxylic acids is 1. The monoisotopic (exact) mass is 344 g/mol. The maximum Gasteiger partial charge on any atom is 0.150 e. The van der Waals surface area contributed by atoms with Crippen molar-refractivity contribution in [2.45, 2.75) is 0 Å². The molecule has 0 atom stereocenters. The van der Waals surface area contributed by atoms with E-state index in [0.717, 1.165) is 34.1 Å². The first-order chi connectivity index (χ1) is 12.3. The van der Waals surface area contributed by atoms with Crippen molar-refractivity contribution >= 4 is 28.5 Å². The summed E-state index contributed by atoms with van der Waals surface area (Å²) in [6.45, 7) is 0. The van der Waals surface area contributed by atoms with Crippen molar-refractivity contribution in [2.24, 2.45) is 0 Å². The Morgan fingerprint density at radius 1 is 0.720 bits per heavy atom. The minimum absolute atomic E-state index is 0.331. The smallest absolute Gasteiger partial charge is 0.150 e. The van der Waals surface area contributed by atoms with Gasteiger partial charge in [0.25, 0.3) is 0 Å². The third-order valence-electron chi connectivity index (χ3n) is 3.97. The van der Waals surface area contributed by atoms with Gasteiger partial charge in [0.2, 0.25) is 0 Å². The number of hydrogen-bond acceptors (Lipinski definition) is 2. The average molecular weight is 344 g/mol. The number of aldehydes is 1. The topological polar surface area (TPSA) is 34.1 Å². The lowest BCUT2D eigenvalue weighted by Gasteiger charge is -2.14. The van der Waals surface area contributed by atoms with Gasteiger partial charge in [0.15, 0.2) is 6.29 Å². The summed E-state index contributed by atoms with van der Waals surface area (Å²) in [5.41, 5.74) is 5.53. The summed E-state index contributed by atoms with van der Waals surface area (Å²) >= 11 is 0.331. The van der Waals surface area contributed by atoms with Crippen LogP contribution in [-0.4, -0.2) is 15.9 Å². The van der Waals surface area contributed by atoms with Crippen LogP contribution in [0.25, 0.3) is 27.8 Å². The van der Waals surface area contributed by atoms with Gasteiger partial charge in [-0.05, 0) is 33.9 Å². The Kier molecular flexibility index (Phi) is 5.50. The number of benzene rings is 3. The van der Waals surface area contributed by atoms with Gasteiger partial charge < -0.3 is 0 Å². The number of hydrogen-bond donors (Lipinski definition) is 0. The third kappa shape index (κ3) is 3.73. The molecule has 3 rings (SSSR count). The standard InChI is InChI=1S/C22H16O2S/c23-16-18(14-15-25-24)20-11-5-7-13-22(20)21-12-6-4-10-19(21)17-8-2-1-3-9-17/h1-16H/b18-14-. The number of allylic oxidation sites excluding steroid dienone is 2. The number of carbonyl (C=O) groups is 1. The molecule has 0 spiro atoms. The Balaban J connectivity index is 2.23. The van der Waals surface area contributed by atoms with Crippen LogP contribution in [0.15, 0.2) is 84.9 Å².